The molecule has 0 radical (unpaired) electrons. The fraction of sp³-hybridized carbons (Fsp3) is 0.833. The lowest BCUT2D eigenvalue weighted by molar-refractivity contribution is -0.159. The van der Waals surface area contributed by atoms with Gasteiger partial charge in [0.15, 0.2) is 0 Å². The van der Waals surface area contributed by atoms with E-state index in [4.69, 9.17) is 18.9 Å². The molecule has 0 aromatic carbocycles. The number of ether oxygens (including phenoxy) is 4. The van der Waals surface area contributed by atoms with Crippen molar-refractivity contribution in [3.8, 4) is 0 Å². The maximum Gasteiger partial charge on any atom is 0.408 e. The number of hydrogen-bond acceptors (Lipinski definition) is 8. The molecule has 0 heterocycles. The number of unbranched alkanes of at least 4 members (excludes halogenated alkanes) is 1. The fourth-order valence-corrected chi connectivity index (χ4v) is 2.39. The molecule has 0 aromatic heterocycles. The molecule has 0 saturated carbocycles. The monoisotopic (exact) mass is 488 g/mol. The van der Waals surface area contributed by atoms with E-state index in [9.17, 15) is 19.2 Å². The molecule has 1 unspecified atom stereocenters. The zero-order chi connectivity index (χ0) is 26.6. The molecular formula is C24H44N2O8. The highest BCUT2D eigenvalue weighted by atomic mass is 16.6. The minimum absolute atomic E-state index is 0.0764. The first-order chi connectivity index (χ1) is 15.5. The summed E-state index contributed by atoms with van der Waals surface area (Å²) in [4.78, 5) is 48.4. The predicted octanol–water partition coefficient (Wildman–Crippen LogP) is 4.10. The Morgan fingerprint density at radius 3 is 1.82 bits per heavy atom. The van der Waals surface area contributed by atoms with Crippen molar-refractivity contribution < 1.29 is 38.1 Å². The van der Waals surface area contributed by atoms with Gasteiger partial charge in [-0.3, -0.25) is 4.79 Å². The molecule has 0 saturated heterocycles. The third kappa shape index (κ3) is 15.3. The second kappa shape index (κ2) is 14.0. The highest BCUT2D eigenvalue weighted by Crippen LogP contribution is 2.21. The van der Waals surface area contributed by atoms with E-state index in [1.54, 1.807) is 55.4 Å². The smallest absolute Gasteiger partial charge is 0.408 e. The summed E-state index contributed by atoms with van der Waals surface area (Å²) in [6.45, 7) is 16.1. The van der Waals surface area contributed by atoms with Crippen LogP contribution in [-0.4, -0.2) is 61.1 Å². The van der Waals surface area contributed by atoms with Gasteiger partial charge in [-0.25, -0.2) is 14.4 Å². The quantitative estimate of drug-likeness (QED) is 0.239. The topological polar surface area (TPSA) is 129 Å². The summed E-state index contributed by atoms with van der Waals surface area (Å²) in [5.41, 5.74) is -1.93. The van der Waals surface area contributed by atoms with Crippen LogP contribution in [0.5, 0.6) is 0 Å². The zero-order valence-electron chi connectivity index (χ0n) is 22.3. The number of esters is 2. The van der Waals surface area contributed by atoms with Crippen LogP contribution in [0, 0.1) is 5.41 Å². The molecule has 0 rings (SSSR count). The summed E-state index contributed by atoms with van der Waals surface area (Å²) in [6.07, 6.45) is 0.717. The van der Waals surface area contributed by atoms with E-state index in [-0.39, 0.29) is 25.6 Å². The van der Waals surface area contributed by atoms with Crippen molar-refractivity contribution in [3.05, 3.63) is 0 Å². The van der Waals surface area contributed by atoms with Gasteiger partial charge in [-0.1, -0.05) is 6.92 Å². The average Bonchev–Trinajstić information content (AvgIpc) is 2.66. The molecule has 0 fully saturated rings. The van der Waals surface area contributed by atoms with Crippen molar-refractivity contribution in [1.82, 2.24) is 10.6 Å². The highest BCUT2D eigenvalue weighted by molar-refractivity contribution is 5.81. The third-order valence-corrected chi connectivity index (χ3v) is 4.56. The van der Waals surface area contributed by atoms with Crippen LogP contribution in [-0.2, 0) is 28.5 Å². The average molecular weight is 489 g/mol. The van der Waals surface area contributed by atoms with Gasteiger partial charge in [0, 0.05) is 6.54 Å². The van der Waals surface area contributed by atoms with Crippen LogP contribution in [0.3, 0.4) is 0 Å². The molecule has 2 N–H and O–H groups in total. The third-order valence-electron chi connectivity index (χ3n) is 4.56. The first-order valence-corrected chi connectivity index (χ1v) is 11.8. The molecule has 0 bridgehead atoms. The second-order valence-corrected chi connectivity index (χ2v) is 10.7. The summed E-state index contributed by atoms with van der Waals surface area (Å²) < 4.78 is 20.8. The van der Waals surface area contributed by atoms with Crippen LogP contribution < -0.4 is 10.6 Å². The Morgan fingerprint density at radius 1 is 0.765 bits per heavy atom. The summed E-state index contributed by atoms with van der Waals surface area (Å²) in [5, 5.41) is 5.18. The Bertz CT molecular complexity index is 677. The minimum atomic E-state index is -0.945. The van der Waals surface area contributed by atoms with Gasteiger partial charge in [-0.2, -0.15) is 0 Å². The van der Waals surface area contributed by atoms with Gasteiger partial charge in [0.05, 0.1) is 5.41 Å². The molecular weight excluding hydrogens is 444 g/mol. The zero-order valence-corrected chi connectivity index (χ0v) is 22.3. The standard InChI is InChI=1S/C24H44N2O8/c1-10-24(8,9)19(28)32-16-15-31-18(27)17(26-21(30)34-23(5,6)7)13-11-12-14-25-20(29)33-22(2,3)4/h17H,10-16H2,1-9H3,(H,25,29)(H,26,30). The van der Waals surface area contributed by atoms with Gasteiger partial charge in [0.2, 0.25) is 0 Å². The van der Waals surface area contributed by atoms with Gasteiger partial charge >= 0.3 is 24.1 Å². The number of carbonyl (C=O) groups excluding carboxylic acids is 4. The molecule has 2 amide bonds. The molecule has 198 valence electrons. The van der Waals surface area contributed by atoms with Crippen LogP contribution in [0.1, 0.15) is 88.0 Å². The van der Waals surface area contributed by atoms with Crippen LogP contribution in [0.25, 0.3) is 0 Å². The number of rotatable bonds is 12. The molecule has 1 atom stereocenters. The van der Waals surface area contributed by atoms with E-state index in [1.165, 1.54) is 0 Å². The highest BCUT2D eigenvalue weighted by Gasteiger charge is 2.28. The fourth-order valence-electron chi connectivity index (χ4n) is 2.39. The molecule has 0 aromatic rings. The first-order valence-electron chi connectivity index (χ1n) is 11.8. The van der Waals surface area contributed by atoms with Crippen molar-refractivity contribution in [1.29, 1.82) is 0 Å². The largest absolute Gasteiger partial charge is 0.462 e. The summed E-state index contributed by atoms with van der Waals surface area (Å²) in [5.74, 6) is -1.02. The number of alkyl carbamates (subject to hydrolysis) is 2. The van der Waals surface area contributed by atoms with Crippen molar-refractivity contribution in [2.45, 2.75) is 105 Å². The SMILES string of the molecule is CCC(C)(C)C(=O)OCCOC(=O)C(CCCCNC(=O)OC(C)(C)C)NC(=O)OC(C)(C)C. The Morgan fingerprint density at radius 2 is 1.29 bits per heavy atom. The normalized spacial score (nSPS) is 12.9. The van der Waals surface area contributed by atoms with E-state index in [0.29, 0.717) is 25.8 Å². The van der Waals surface area contributed by atoms with E-state index >= 15 is 0 Å². The summed E-state index contributed by atoms with van der Waals surface area (Å²) in [6, 6.07) is -0.945. The molecule has 0 aliphatic rings. The molecule has 10 nitrogen and oxygen atoms in total. The number of nitrogens with one attached hydrogen (secondary N) is 2. The molecule has 0 aliphatic carbocycles. The lowest BCUT2D eigenvalue weighted by Crippen LogP contribution is -2.44. The van der Waals surface area contributed by atoms with Crippen LogP contribution in [0.4, 0.5) is 9.59 Å². The van der Waals surface area contributed by atoms with E-state index in [1.807, 2.05) is 6.92 Å². The van der Waals surface area contributed by atoms with Gasteiger partial charge in [-0.15, -0.1) is 0 Å². The Kier molecular flexibility index (Phi) is 13.0. The van der Waals surface area contributed by atoms with Crippen molar-refractivity contribution in [2.75, 3.05) is 19.8 Å². The van der Waals surface area contributed by atoms with Crippen LogP contribution >= 0.6 is 0 Å². The molecule has 10 heteroatoms. The van der Waals surface area contributed by atoms with E-state index in [0.717, 1.165) is 0 Å². The maximum absolute atomic E-state index is 12.5. The Hall–Kier alpha value is -2.52. The Balaban J connectivity index is 4.68. The van der Waals surface area contributed by atoms with Gasteiger partial charge in [-0.05, 0) is 81.1 Å². The van der Waals surface area contributed by atoms with Crippen LogP contribution in [0.15, 0.2) is 0 Å². The maximum atomic E-state index is 12.5. The van der Waals surface area contributed by atoms with Crippen molar-refractivity contribution in [2.24, 2.45) is 5.41 Å². The minimum Gasteiger partial charge on any atom is -0.462 e. The number of hydrogen-bond donors (Lipinski definition) is 2. The number of amides is 2. The van der Waals surface area contributed by atoms with Gasteiger partial charge in [0.1, 0.15) is 30.5 Å². The molecule has 34 heavy (non-hydrogen) atoms. The van der Waals surface area contributed by atoms with Crippen molar-refractivity contribution >= 4 is 24.1 Å². The summed E-state index contributed by atoms with van der Waals surface area (Å²) >= 11 is 0. The van der Waals surface area contributed by atoms with Gasteiger partial charge < -0.3 is 29.6 Å². The van der Waals surface area contributed by atoms with Crippen molar-refractivity contribution in [3.63, 3.8) is 0 Å². The summed E-state index contributed by atoms with van der Waals surface area (Å²) in [7, 11) is 0. The lowest BCUT2D eigenvalue weighted by Gasteiger charge is -2.23. The predicted molar refractivity (Wildman–Crippen MR) is 127 cm³/mol. The van der Waals surface area contributed by atoms with Crippen LogP contribution in [0.2, 0.25) is 0 Å². The molecule has 0 spiro atoms. The number of carbonyl (C=O) groups is 4. The second-order valence-electron chi connectivity index (χ2n) is 10.7. The molecule has 0 aliphatic heterocycles. The van der Waals surface area contributed by atoms with E-state index < -0.39 is 40.8 Å². The van der Waals surface area contributed by atoms with E-state index in [2.05, 4.69) is 10.6 Å². The van der Waals surface area contributed by atoms with Gasteiger partial charge in [0.25, 0.3) is 0 Å². The lowest BCUT2D eigenvalue weighted by atomic mass is 9.91. The first kappa shape index (κ1) is 31.5. The Labute approximate surface area is 203 Å².